The second-order valence-corrected chi connectivity index (χ2v) is 7.99. The maximum absolute atomic E-state index is 13.0. The Balaban J connectivity index is 2.69. The summed E-state index contributed by atoms with van der Waals surface area (Å²) in [5.41, 5.74) is 0.146. The number of nitrogens with zero attached hydrogens (tertiary/aromatic N) is 1. The van der Waals surface area contributed by atoms with Crippen LogP contribution >= 0.6 is 0 Å². The van der Waals surface area contributed by atoms with E-state index in [-0.39, 0.29) is 28.3 Å². The van der Waals surface area contributed by atoms with Crippen molar-refractivity contribution in [3.05, 3.63) is 35.5 Å². The Labute approximate surface area is 148 Å². The number of hydrogen-bond donors (Lipinski definition) is 0. The molecule has 0 amide bonds. The molecule has 1 aromatic carbocycles. The molecule has 0 saturated carbocycles. The lowest BCUT2D eigenvalue weighted by atomic mass is 10.1. The number of fused-ring (bicyclic) bond motifs is 1. The van der Waals surface area contributed by atoms with Crippen LogP contribution in [0.2, 0.25) is 0 Å². The number of unbranched alkanes of at least 4 members (excludes halogenated alkanes) is 1. The third-order valence-corrected chi connectivity index (χ3v) is 5.89. The number of benzene rings is 1. The van der Waals surface area contributed by atoms with Crippen molar-refractivity contribution in [1.82, 2.24) is 4.31 Å². The van der Waals surface area contributed by atoms with E-state index in [1.807, 2.05) is 6.92 Å². The van der Waals surface area contributed by atoms with Crippen molar-refractivity contribution in [2.45, 2.75) is 57.9 Å². The van der Waals surface area contributed by atoms with E-state index in [1.165, 1.54) is 13.0 Å². The molecule has 1 aliphatic heterocycles. The lowest BCUT2D eigenvalue weighted by Crippen LogP contribution is -2.42. The average molecular weight is 365 g/mol. The topological polar surface area (TPSA) is 80.8 Å². The van der Waals surface area contributed by atoms with Crippen molar-refractivity contribution in [3.63, 3.8) is 0 Å². The minimum Gasteiger partial charge on any atom is -0.423 e. The summed E-state index contributed by atoms with van der Waals surface area (Å²) < 4.78 is 32.4. The summed E-state index contributed by atoms with van der Waals surface area (Å²) in [6, 6.07) is 5.76. The number of allylic oxidation sites excluding steroid dienone is 1. The zero-order valence-corrected chi connectivity index (χ0v) is 15.7. The van der Waals surface area contributed by atoms with Gasteiger partial charge < -0.3 is 4.74 Å². The van der Waals surface area contributed by atoms with Crippen LogP contribution in [0.25, 0.3) is 5.76 Å². The van der Waals surface area contributed by atoms with Crippen LogP contribution in [-0.2, 0) is 24.3 Å². The number of rotatable bonds is 6. The standard InChI is InChI=1S/C18H23NO5S/c1-5-6-11-16(21)24-18-14-9-7-8-10-15(14)25(22,23)19(12(2)3)17(18)13(4)20/h7-10,12H,5-6,11H2,1-4H3. The second-order valence-electron chi connectivity index (χ2n) is 6.20. The van der Waals surface area contributed by atoms with Crippen molar-refractivity contribution in [3.8, 4) is 0 Å². The van der Waals surface area contributed by atoms with Gasteiger partial charge in [0.05, 0.1) is 4.90 Å². The molecule has 0 radical (unpaired) electrons. The van der Waals surface area contributed by atoms with E-state index in [1.54, 1.807) is 32.0 Å². The van der Waals surface area contributed by atoms with Crippen LogP contribution in [0.4, 0.5) is 0 Å². The summed E-state index contributed by atoms with van der Waals surface area (Å²) in [6.07, 6.45) is 1.70. The molecule has 0 aromatic heterocycles. The molecule has 0 fully saturated rings. The van der Waals surface area contributed by atoms with Crippen molar-refractivity contribution in [1.29, 1.82) is 0 Å². The highest BCUT2D eigenvalue weighted by atomic mass is 32.2. The summed E-state index contributed by atoms with van der Waals surface area (Å²) in [7, 11) is -3.90. The number of ether oxygens (including phenoxy) is 1. The fraction of sp³-hybridized carbons (Fsp3) is 0.444. The van der Waals surface area contributed by atoms with Gasteiger partial charge in [-0.2, -0.15) is 0 Å². The van der Waals surface area contributed by atoms with E-state index in [0.717, 1.165) is 10.7 Å². The Hall–Kier alpha value is -2.15. The van der Waals surface area contributed by atoms with Crippen LogP contribution in [0.3, 0.4) is 0 Å². The molecule has 25 heavy (non-hydrogen) atoms. The predicted octanol–water partition coefficient (Wildman–Crippen LogP) is 3.09. The van der Waals surface area contributed by atoms with Gasteiger partial charge in [0, 0.05) is 24.9 Å². The van der Waals surface area contributed by atoms with Gasteiger partial charge in [0.15, 0.2) is 11.5 Å². The van der Waals surface area contributed by atoms with Crippen molar-refractivity contribution in [2.24, 2.45) is 0 Å². The molecule has 0 saturated heterocycles. The highest BCUT2D eigenvalue weighted by Crippen LogP contribution is 2.39. The summed E-state index contributed by atoms with van der Waals surface area (Å²) in [4.78, 5) is 24.4. The van der Waals surface area contributed by atoms with E-state index < -0.39 is 27.8 Å². The maximum Gasteiger partial charge on any atom is 0.311 e. The van der Waals surface area contributed by atoms with Crippen LogP contribution < -0.4 is 0 Å². The lowest BCUT2D eigenvalue weighted by molar-refractivity contribution is -0.136. The highest BCUT2D eigenvalue weighted by molar-refractivity contribution is 7.89. The van der Waals surface area contributed by atoms with Gasteiger partial charge >= 0.3 is 5.97 Å². The second kappa shape index (κ2) is 7.39. The van der Waals surface area contributed by atoms with Crippen LogP contribution in [0.15, 0.2) is 34.9 Å². The van der Waals surface area contributed by atoms with E-state index in [9.17, 15) is 18.0 Å². The van der Waals surface area contributed by atoms with Gasteiger partial charge in [0.1, 0.15) is 5.70 Å². The third kappa shape index (κ3) is 3.61. The molecule has 0 N–H and O–H groups in total. The first-order valence-electron chi connectivity index (χ1n) is 8.31. The summed E-state index contributed by atoms with van der Waals surface area (Å²) >= 11 is 0. The first-order chi connectivity index (χ1) is 11.7. The molecular weight excluding hydrogens is 342 g/mol. The predicted molar refractivity (Wildman–Crippen MR) is 93.8 cm³/mol. The third-order valence-electron chi connectivity index (χ3n) is 3.86. The summed E-state index contributed by atoms with van der Waals surface area (Å²) in [5.74, 6) is -0.925. The molecule has 2 rings (SSSR count). The summed E-state index contributed by atoms with van der Waals surface area (Å²) in [6.45, 7) is 6.57. The van der Waals surface area contributed by atoms with Gasteiger partial charge in [-0.1, -0.05) is 25.5 Å². The Morgan fingerprint density at radius 2 is 1.84 bits per heavy atom. The number of carbonyl (C=O) groups is 2. The van der Waals surface area contributed by atoms with Crippen LogP contribution in [0.1, 0.15) is 52.5 Å². The number of hydrogen-bond acceptors (Lipinski definition) is 5. The average Bonchev–Trinajstić information content (AvgIpc) is 2.54. The molecular formula is C18H23NO5S. The molecule has 136 valence electrons. The molecule has 0 unspecified atom stereocenters. The van der Waals surface area contributed by atoms with Crippen molar-refractivity contribution >= 4 is 27.5 Å². The number of sulfonamides is 1. The molecule has 0 bridgehead atoms. The van der Waals surface area contributed by atoms with Crippen molar-refractivity contribution in [2.75, 3.05) is 0 Å². The minimum atomic E-state index is -3.90. The zero-order chi connectivity index (χ0) is 18.8. The first kappa shape index (κ1) is 19.2. The molecule has 1 heterocycles. The van der Waals surface area contributed by atoms with Crippen molar-refractivity contribution < 1.29 is 22.7 Å². The number of esters is 1. The SMILES string of the molecule is CCCCC(=O)OC1=C(C(C)=O)N(C(C)C)S(=O)(=O)c2ccccc21. The van der Waals surface area contributed by atoms with Crippen LogP contribution in [-0.4, -0.2) is 30.5 Å². The molecule has 0 spiro atoms. The monoisotopic (exact) mass is 365 g/mol. The zero-order valence-electron chi connectivity index (χ0n) is 14.9. The van der Waals surface area contributed by atoms with Crippen LogP contribution in [0.5, 0.6) is 0 Å². The Morgan fingerprint density at radius 1 is 1.20 bits per heavy atom. The van der Waals surface area contributed by atoms with Gasteiger partial charge in [-0.15, -0.1) is 0 Å². The van der Waals surface area contributed by atoms with E-state index in [0.29, 0.717) is 6.42 Å². The smallest absolute Gasteiger partial charge is 0.311 e. The van der Waals surface area contributed by atoms with E-state index in [2.05, 4.69) is 0 Å². The fourth-order valence-corrected chi connectivity index (χ4v) is 4.68. The van der Waals surface area contributed by atoms with E-state index in [4.69, 9.17) is 4.74 Å². The summed E-state index contributed by atoms with van der Waals surface area (Å²) in [5, 5.41) is 0. The Morgan fingerprint density at radius 3 is 2.40 bits per heavy atom. The largest absolute Gasteiger partial charge is 0.423 e. The number of Topliss-reactive ketones (excluding diaryl/α,β-unsaturated/α-hetero) is 1. The van der Waals surface area contributed by atoms with Gasteiger partial charge in [-0.3, -0.25) is 13.9 Å². The normalized spacial score (nSPS) is 16.0. The molecule has 6 nitrogen and oxygen atoms in total. The lowest BCUT2D eigenvalue weighted by Gasteiger charge is -2.34. The number of ketones is 1. The fourth-order valence-electron chi connectivity index (χ4n) is 2.77. The minimum absolute atomic E-state index is 0.0210. The molecule has 0 atom stereocenters. The number of carbonyl (C=O) groups excluding carboxylic acids is 2. The Kier molecular flexibility index (Phi) is 5.67. The maximum atomic E-state index is 13.0. The molecule has 7 heteroatoms. The van der Waals surface area contributed by atoms with Crippen LogP contribution in [0, 0.1) is 0 Å². The van der Waals surface area contributed by atoms with E-state index >= 15 is 0 Å². The van der Waals surface area contributed by atoms with Gasteiger partial charge in [-0.25, -0.2) is 8.42 Å². The molecule has 0 aliphatic carbocycles. The van der Waals surface area contributed by atoms with Gasteiger partial charge in [0.2, 0.25) is 0 Å². The van der Waals surface area contributed by atoms with Gasteiger partial charge in [0.25, 0.3) is 10.0 Å². The van der Waals surface area contributed by atoms with Gasteiger partial charge in [-0.05, 0) is 32.4 Å². The molecule has 1 aliphatic rings. The molecule has 1 aromatic rings. The quantitative estimate of drug-likeness (QED) is 0.724. The Bertz CT molecular complexity index is 824. The highest BCUT2D eigenvalue weighted by Gasteiger charge is 2.41. The first-order valence-corrected chi connectivity index (χ1v) is 9.75.